The Morgan fingerprint density at radius 2 is 1.81 bits per heavy atom. The molecule has 2 aromatic rings. The summed E-state index contributed by atoms with van der Waals surface area (Å²) < 4.78 is 12.0. The molecule has 0 bridgehead atoms. The third kappa shape index (κ3) is 6.89. The number of carbonyl (C=O) groups excluding carboxylic acids is 2. The lowest BCUT2D eigenvalue weighted by atomic mass is 10.0. The fourth-order valence-electron chi connectivity index (χ4n) is 3.65. The molecule has 1 aliphatic rings. The maximum Gasteiger partial charge on any atom is 0.338 e. The molecule has 0 amide bonds. The minimum absolute atomic E-state index is 0.0691. The van der Waals surface area contributed by atoms with Crippen LogP contribution in [0.3, 0.4) is 0 Å². The molecule has 1 aliphatic carbocycles. The molecule has 0 saturated heterocycles. The van der Waals surface area contributed by atoms with Gasteiger partial charge in [0.25, 0.3) is 0 Å². The average Bonchev–Trinajstić information content (AvgIpc) is 3.32. The molecule has 7 heteroatoms. The van der Waals surface area contributed by atoms with Crippen LogP contribution in [0.4, 0.5) is 0 Å². The van der Waals surface area contributed by atoms with Crippen molar-refractivity contribution in [3.05, 3.63) is 63.6 Å². The zero-order valence-electron chi connectivity index (χ0n) is 18.5. The highest BCUT2D eigenvalue weighted by atomic mass is 79.9. The summed E-state index contributed by atoms with van der Waals surface area (Å²) in [7, 11) is 0. The van der Waals surface area contributed by atoms with Gasteiger partial charge in [-0.25, -0.2) is 4.79 Å². The summed E-state index contributed by atoms with van der Waals surface area (Å²) >= 11 is 3.34. The van der Waals surface area contributed by atoms with Gasteiger partial charge in [0.15, 0.2) is 0 Å². The molecule has 0 aromatic heterocycles. The Labute approximate surface area is 197 Å². The summed E-state index contributed by atoms with van der Waals surface area (Å²) in [6.45, 7) is 4.33. The molecule has 3 rings (SSSR count). The molecular weight excluding hydrogens is 474 g/mol. The van der Waals surface area contributed by atoms with Crippen LogP contribution in [-0.2, 0) is 16.1 Å². The molecule has 6 nitrogen and oxygen atoms in total. The summed E-state index contributed by atoms with van der Waals surface area (Å²) in [5, 5.41) is 13.7. The van der Waals surface area contributed by atoms with Crippen molar-refractivity contribution in [1.82, 2.24) is 5.32 Å². The summed E-state index contributed by atoms with van der Waals surface area (Å²) in [5.74, 6) is -0.456. The maximum absolute atomic E-state index is 12.6. The quantitative estimate of drug-likeness (QED) is 0.372. The molecule has 1 unspecified atom stereocenters. The Morgan fingerprint density at radius 3 is 2.47 bits per heavy atom. The van der Waals surface area contributed by atoms with E-state index in [2.05, 4.69) is 21.2 Å². The number of halogens is 1. The predicted octanol–water partition coefficient (Wildman–Crippen LogP) is 4.93. The van der Waals surface area contributed by atoms with Crippen LogP contribution in [0.5, 0.6) is 5.75 Å². The Balaban J connectivity index is 1.76. The lowest BCUT2D eigenvalue weighted by Gasteiger charge is -2.18. The maximum atomic E-state index is 12.6. The second kappa shape index (κ2) is 11.6. The van der Waals surface area contributed by atoms with Gasteiger partial charge in [-0.05, 0) is 54.8 Å². The molecule has 172 valence electrons. The van der Waals surface area contributed by atoms with Crippen molar-refractivity contribution in [2.24, 2.45) is 5.92 Å². The number of aliphatic hydroxyl groups excluding tert-OH is 1. The molecule has 1 fully saturated rings. The molecule has 1 atom stereocenters. The number of carbonyl (C=O) groups is 2. The Morgan fingerprint density at radius 1 is 1.12 bits per heavy atom. The highest BCUT2D eigenvalue weighted by Crippen LogP contribution is 2.30. The Bertz CT molecular complexity index is 922. The lowest BCUT2D eigenvalue weighted by Crippen LogP contribution is -2.28. The van der Waals surface area contributed by atoms with Gasteiger partial charge in [0.1, 0.15) is 12.4 Å². The first-order chi connectivity index (χ1) is 15.3. The first-order valence-corrected chi connectivity index (χ1v) is 11.8. The van der Waals surface area contributed by atoms with Crippen molar-refractivity contribution in [1.29, 1.82) is 0 Å². The molecule has 2 N–H and O–H groups in total. The second-order valence-corrected chi connectivity index (χ2v) is 9.35. The van der Waals surface area contributed by atoms with Gasteiger partial charge < -0.3 is 19.9 Å². The van der Waals surface area contributed by atoms with Crippen molar-refractivity contribution in [3.63, 3.8) is 0 Å². The van der Waals surface area contributed by atoms with Crippen molar-refractivity contribution in [3.8, 4) is 5.75 Å². The van der Waals surface area contributed by atoms with Crippen molar-refractivity contribution >= 4 is 27.9 Å². The zero-order valence-corrected chi connectivity index (χ0v) is 20.1. The van der Waals surface area contributed by atoms with Crippen molar-refractivity contribution in [2.75, 3.05) is 6.54 Å². The Kier molecular flexibility index (Phi) is 8.84. The van der Waals surface area contributed by atoms with Crippen molar-refractivity contribution < 1.29 is 24.2 Å². The summed E-state index contributed by atoms with van der Waals surface area (Å²) in [5.41, 5.74) is 1.63. The third-order valence-corrected chi connectivity index (χ3v) is 6.06. The molecule has 2 aromatic carbocycles. The number of hydrogen-bond acceptors (Lipinski definition) is 6. The normalized spacial score (nSPS) is 15.0. The number of rotatable bonds is 9. The van der Waals surface area contributed by atoms with Gasteiger partial charge in [0.2, 0.25) is 0 Å². The molecule has 0 heterocycles. The minimum atomic E-state index is -0.738. The fraction of sp³-hybridized carbons (Fsp3) is 0.440. The number of benzene rings is 2. The van der Waals surface area contributed by atoms with Crippen LogP contribution in [0.1, 0.15) is 67.1 Å². The van der Waals surface area contributed by atoms with Crippen LogP contribution in [0, 0.1) is 5.92 Å². The number of esters is 2. The largest absolute Gasteiger partial charge is 0.457 e. The predicted molar refractivity (Wildman–Crippen MR) is 125 cm³/mol. The first-order valence-electron chi connectivity index (χ1n) is 11.0. The molecule has 32 heavy (non-hydrogen) atoms. The first kappa shape index (κ1) is 24.4. The summed E-state index contributed by atoms with van der Waals surface area (Å²) in [6.07, 6.45) is 3.00. The van der Waals surface area contributed by atoms with E-state index in [-0.39, 0.29) is 24.5 Å². The topological polar surface area (TPSA) is 84.9 Å². The minimum Gasteiger partial charge on any atom is -0.457 e. The third-order valence-electron chi connectivity index (χ3n) is 5.53. The van der Waals surface area contributed by atoms with E-state index in [1.165, 1.54) is 0 Å². The van der Waals surface area contributed by atoms with E-state index in [1.807, 2.05) is 13.8 Å². The van der Waals surface area contributed by atoms with Crippen LogP contribution >= 0.6 is 15.9 Å². The SMILES string of the molecule is CC(C)NCC(O)c1ccc(OC(=O)C2CCCC2)c(COC(=O)c2ccc(Br)cc2)c1. The average molecular weight is 504 g/mol. The standard InChI is InChI=1S/C25H30BrNO5/c1-16(2)27-14-22(28)19-9-12-23(32-25(30)17-5-3-4-6-17)20(13-19)15-31-24(29)18-7-10-21(26)11-8-18/h7-13,16-17,22,27-28H,3-6,14-15H2,1-2H3. The van der Waals surface area contributed by atoms with Gasteiger partial charge in [-0.15, -0.1) is 0 Å². The van der Waals surface area contributed by atoms with E-state index < -0.39 is 12.1 Å². The number of ether oxygens (including phenoxy) is 2. The highest BCUT2D eigenvalue weighted by molar-refractivity contribution is 9.10. The van der Waals surface area contributed by atoms with Crippen LogP contribution in [0.15, 0.2) is 46.9 Å². The number of aliphatic hydroxyl groups is 1. The summed E-state index contributed by atoms with van der Waals surface area (Å²) in [4.78, 5) is 25.0. The van der Waals surface area contributed by atoms with Gasteiger partial charge in [0, 0.05) is 22.6 Å². The molecular formula is C25H30BrNO5. The molecule has 1 saturated carbocycles. The van der Waals surface area contributed by atoms with Gasteiger partial charge in [-0.3, -0.25) is 4.79 Å². The van der Waals surface area contributed by atoms with Crippen LogP contribution in [0.25, 0.3) is 0 Å². The van der Waals surface area contributed by atoms with Gasteiger partial charge in [-0.2, -0.15) is 0 Å². The van der Waals surface area contributed by atoms with E-state index in [0.29, 0.717) is 29.0 Å². The van der Waals surface area contributed by atoms with Gasteiger partial charge in [-0.1, -0.05) is 48.7 Å². The van der Waals surface area contributed by atoms with Crippen LogP contribution in [-0.4, -0.2) is 29.6 Å². The molecule has 0 radical (unpaired) electrons. The zero-order chi connectivity index (χ0) is 23.1. The van der Waals surface area contributed by atoms with Crippen molar-refractivity contribution in [2.45, 2.75) is 58.3 Å². The van der Waals surface area contributed by atoms with Gasteiger partial charge >= 0.3 is 11.9 Å². The fourth-order valence-corrected chi connectivity index (χ4v) is 3.91. The highest BCUT2D eigenvalue weighted by Gasteiger charge is 2.25. The van der Waals surface area contributed by atoms with Gasteiger partial charge in [0.05, 0.1) is 17.6 Å². The summed E-state index contributed by atoms with van der Waals surface area (Å²) in [6, 6.07) is 12.3. The molecule has 0 spiro atoms. The van der Waals surface area contributed by atoms with E-state index >= 15 is 0 Å². The monoisotopic (exact) mass is 503 g/mol. The van der Waals surface area contributed by atoms with Crippen LogP contribution in [0.2, 0.25) is 0 Å². The molecule has 0 aliphatic heterocycles. The van der Waals surface area contributed by atoms with Crippen LogP contribution < -0.4 is 10.1 Å². The lowest BCUT2D eigenvalue weighted by molar-refractivity contribution is -0.138. The Hall–Kier alpha value is -2.22. The van der Waals surface area contributed by atoms with E-state index in [9.17, 15) is 14.7 Å². The van der Waals surface area contributed by atoms with E-state index in [4.69, 9.17) is 9.47 Å². The van der Waals surface area contributed by atoms with E-state index in [0.717, 1.165) is 30.2 Å². The second-order valence-electron chi connectivity index (χ2n) is 8.43. The number of nitrogens with one attached hydrogen (secondary N) is 1. The van der Waals surface area contributed by atoms with E-state index in [1.54, 1.807) is 42.5 Å². The smallest absolute Gasteiger partial charge is 0.338 e. The number of hydrogen-bond donors (Lipinski definition) is 2.